The van der Waals surface area contributed by atoms with E-state index < -0.39 is 0 Å². The molecular formula is C9H17N5. The zero-order valence-electron chi connectivity index (χ0n) is 9.13. The van der Waals surface area contributed by atoms with Gasteiger partial charge < -0.3 is 10.6 Å². The van der Waals surface area contributed by atoms with Crippen molar-refractivity contribution in [1.82, 2.24) is 20.5 Å². The SMILES string of the molecule is CNC(C)CNc1nnc(C)c(C)n1. The Bertz CT molecular complexity index is 299. The molecule has 0 saturated carbocycles. The molecule has 5 nitrogen and oxygen atoms in total. The van der Waals surface area contributed by atoms with Crippen LogP contribution in [0.1, 0.15) is 18.3 Å². The molecule has 0 radical (unpaired) electrons. The fraction of sp³-hybridized carbons (Fsp3) is 0.667. The number of rotatable bonds is 4. The summed E-state index contributed by atoms with van der Waals surface area (Å²) < 4.78 is 0. The van der Waals surface area contributed by atoms with Crippen LogP contribution in [-0.4, -0.2) is 34.8 Å². The minimum atomic E-state index is 0.389. The molecular weight excluding hydrogens is 178 g/mol. The maximum Gasteiger partial charge on any atom is 0.243 e. The molecule has 0 aliphatic rings. The average molecular weight is 195 g/mol. The number of nitrogens with one attached hydrogen (secondary N) is 2. The van der Waals surface area contributed by atoms with E-state index in [2.05, 4.69) is 32.7 Å². The number of aryl methyl sites for hydroxylation is 2. The molecule has 0 saturated heterocycles. The van der Waals surface area contributed by atoms with E-state index in [0.29, 0.717) is 12.0 Å². The Morgan fingerprint density at radius 3 is 2.50 bits per heavy atom. The topological polar surface area (TPSA) is 62.7 Å². The molecule has 0 aliphatic carbocycles. The summed E-state index contributed by atoms with van der Waals surface area (Å²) in [5.41, 5.74) is 1.79. The normalized spacial score (nSPS) is 12.6. The average Bonchev–Trinajstić information content (AvgIpc) is 2.19. The third kappa shape index (κ3) is 2.92. The molecule has 0 aliphatic heterocycles. The summed E-state index contributed by atoms with van der Waals surface area (Å²) in [6, 6.07) is 0.389. The van der Waals surface area contributed by atoms with E-state index in [1.54, 1.807) is 0 Å². The standard InChI is InChI=1S/C9H17N5/c1-6(10-4)5-11-9-12-7(2)8(3)13-14-9/h6,10H,5H2,1-4H3,(H,11,12,14). The van der Waals surface area contributed by atoms with Gasteiger partial charge in [-0.15, -0.1) is 5.10 Å². The molecule has 0 amide bonds. The monoisotopic (exact) mass is 195 g/mol. The van der Waals surface area contributed by atoms with E-state index in [9.17, 15) is 0 Å². The van der Waals surface area contributed by atoms with E-state index in [-0.39, 0.29) is 0 Å². The lowest BCUT2D eigenvalue weighted by atomic mass is 10.3. The summed E-state index contributed by atoms with van der Waals surface area (Å²) in [5.74, 6) is 0.593. The number of hydrogen-bond donors (Lipinski definition) is 2. The van der Waals surface area contributed by atoms with E-state index >= 15 is 0 Å². The van der Waals surface area contributed by atoms with Crippen LogP contribution in [0.3, 0.4) is 0 Å². The summed E-state index contributed by atoms with van der Waals surface area (Å²) >= 11 is 0. The van der Waals surface area contributed by atoms with Gasteiger partial charge in [-0.3, -0.25) is 0 Å². The van der Waals surface area contributed by atoms with Gasteiger partial charge in [0.15, 0.2) is 0 Å². The molecule has 0 fully saturated rings. The van der Waals surface area contributed by atoms with Crippen LogP contribution in [0.15, 0.2) is 0 Å². The van der Waals surface area contributed by atoms with Crippen molar-refractivity contribution < 1.29 is 0 Å². The minimum Gasteiger partial charge on any atom is -0.351 e. The highest BCUT2D eigenvalue weighted by Crippen LogP contribution is 2.01. The van der Waals surface area contributed by atoms with Crippen LogP contribution < -0.4 is 10.6 Å². The van der Waals surface area contributed by atoms with Gasteiger partial charge in [0.2, 0.25) is 5.95 Å². The van der Waals surface area contributed by atoms with Gasteiger partial charge in [0, 0.05) is 12.6 Å². The largest absolute Gasteiger partial charge is 0.351 e. The van der Waals surface area contributed by atoms with Crippen molar-refractivity contribution in [2.24, 2.45) is 0 Å². The van der Waals surface area contributed by atoms with Gasteiger partial charge in [0.1, 0.15) is 0 Å². The van der Waals surface area contributed by atoms with Crippen molar-refractivity contribution in [2.75, 3.05) is 18.9 Å². The van der Waals surface area contributed by atoms with Crippen LogP contribution in [0.4, 0.5) is 5.95 Å². The van der Waals surface area contributed by atoms with Crippen LogP contribution in [0.2, 0.25) is 0 Å². The fourth-order valence-corrected chi connectivity index (χ4v) is 0.878. The molecule has 1 aromatic rings. The quantitative estimate of drug-likeness (QED) is 0.733. The maximum absolute atomic E-state index is 4.27. The van der Waals surface area contributed by atoms with Gasteiger partial charge in [-0.05, 0) is 27.8 Å². The van der Waals surface area contributed by atoms with Gasteiger partial charge in [-0.25, -0.2) is 4.98 Å². The Kier molecular flexibility index (Phi) is 3.76. The maximum atomic E-state index is 4.27. The molecule has 1 unspecified atom stereocenters. The van der Waals surface area contributed by atoms with Gasteiger partial charge in [0.05, 0.1) is 11.4 Å². The highest BCUT2D eigenvalue weighted by atomic mass is 15.2. The molecule has 5 heteroatoms. The second-order valence-corrected chi connectivity index (χ2v) is 3.38. The molecule has 14 heavy (non-hydrogen) atoms. The molecule has 0 spiro atoms. The van der Waals surface area contributed by atoms with Gasteiger partial charge in [-0.2, -0.15) is 5.10 Å². The lowest BCUT2D eigenvalue weighted by Crippen LogP contribution is -2.29. The Morgan fingerprint density at radius 2 is 1.93 bits per heavy atom. The molecule has 78 valence electrons. The first kappa shape index (κ1) is 10.8. The van der Waals surface area contributed by atoms with Crippen LogP contribution >= 0.6 is 0 Å². The van der Waals surface area contributed by atoms with Crippen LogP contribution in [0, 0.1) is 13.8 Å². The Hall–Kier alpha value is -1.23. The molecule has 0 aromatic carbocycles. The highest BCUT2D eigenvalue weighted by Gasteiger charge is 2.02. The van der Waals surface area contributed by atoms with Crippen LogP contribution in [-0.2, 0) is 0 Å². The van der Waals surface area contributed by atoms with Crippen molar-refractivity contribution in [1.29, 1.82) is 0 Å². The zero-order valence-corrected chi connectivity index (χ0v) is 9.13. The lowest BCUT2D eigenvalue weighted by molar-refractivity contribution is 0.634. The molecule has 0 bridgehead atoms. The third-order valence-corrected chi connectivity index (χ3v) is 2.15. The highest BCUT2D eigenvalue weighted by molar-refractivity contribution is 5.24. The minimum absolute atomic E-state index is 0.389. The Morgan fingerprint density at radius 1 is 1.21 bits per heavy atom. The first-order valence-electron chi connectivity index (χ1n) is 4.72. The predicted molar refractivity (Wildman–Crippen MR) is 56.3 cm³/mol. The summed E-state index contributed by atoms with van der Waals surface area (Å²) in [6.07, 6.45) is 0. The van der Waals surface area contributed by atoms with Gasteiger partial charge in [-0.1, -0.05) is 0 Å². The number of aromatic nitrogens is 3. The first-order chi connectivity index (χ1) is 6.63. The Balaban J connectivity index is 2.55. The van der Waals surface area contributed by atoms with Crippen molar-refractivity contribution in [3.8, 4) is 0 Å². The van der Waals surface area contributed by atoms with E-state index in [1.807, 2.05) is 20.9 Å². The lowest BCUT2D eigenvalue weighted by Gasteiger charge is -2.11. The smallest absolute Gasteiger partial charge is 0.243 e. The molecule has 1 aromatic heterocycles. The summed E-state index contributed by atoms with van der Waals surface area (Å²) in [7, 11) is 1.92. The molecule has 1 atom stereocenters. The van der Waals surface area contributed by atoms with Crippen LogP contribution in [0.5, 0.6) is 0 Å². The summed E-state index contributed by atoms with van der Waals surface area (Å²) in [4.78, 5) is 4.27. The second kappa shape index (κ2) is 4.85. The number of nitrogens with zero attached hydrogens (tertiary/aromatic N) is 3. The predicted octanol–water partition coefficient (Wildman–Crippen LogP) is 0.508. The van der Waals surface area contributed by atoms with Crippen molar-refractivity contribution in [2.45, 2.75) is 26.8 Å². The van der Waals surface area contributed by atoms with Crippen LogP contribution in [0.25, 0.3) is 0 Å². The van der Waals surface area contributed by atoms with Gasteiger partial charge in [0.25, 0.3) is 0 Å². The van der Waals surface area contributed by atoms with E-state index in [4.69, 9.17) is 0 Å². The molecule has 1 rings (SSSR count). The number of anilines is 1. The van der Waals surface area contributed by atoms with Gasteiger partial charge >= 0.3 is 0 Å². The number of likely N-dealkylation sites (N-methyl/N-ethyl adjacent to an activating group) is 1. The van der Waals surface area contributed by atoms with Crippen molar-refractivity contribution >= 4 is 5.95 Å². The zero-order chi connectivity index (χ0) is 10.6. The fourth-order valence-electron chi connectivity index (χ4n) is 0.878. The van der Waals surface area contributed by atoms with E-state index in [0.717, 1.165) is 17.9 Å². The van der Waals surface area contributed by atoms with Crippen molar-refractivity contribution in [3.63, 3.8) is 0 Å². The molecule has 2 N–H and O–H groups in total. The third-order valence-electron chi connectivity index (χ3n) is 2.15. The summed E-state index contributed by atoms with van der Waals surface area (Å²) in [6.45, 7) is 6.70. The second-order valence-electron chi connectivity index (χ2n) is 3.38. The van der Waals surface area contributed by atoms with E-state index in [1.165, 1.54) is 0 Å². The summed E-state index contributed by atoms with van der Waals surface area (Å²) in [5, 5.41) is 14.2. The molecule has 1 heterocycles. The van der Waals surface area contributed by atoms with Crippen molar-refractivity contribution in [3.05, 3.63) is 11.4 Å². The first-order valence-corrected chi connectivity index (χ1v) is 4.72. The Labute approximate surface area is 84.3 Å². The number of hydrogen-bond acceptors (Lipinski definition) is 5.